The SMILES string of the molecule is C#CC(N)CSc1ccc(Br)cc1. The van der Waals surface area contributed by atoms with Crippen molar-refractivity contribution >= 4 is 27.7 Å². The first-order chi connectivity index (χ1) is 6.22. The van der Waals surface area contributed by atoms with Crippen molar-refractivity contribution in [1.82, 2.24) is 0 Å². The van der Waals surface area contributed by atoms with Crippen molar-refractivity contribution in [2.45, 2.75) is 10.9 Å². The lowest BCUT2D eigenvalue weighted by Gasteiger charge is -2.03. The van der Waals surface area contributed by atoms with Crippen molar-refractivity contribution in [2.75, 3.05) is 5.75 Å². The van der Waals surface area contributed by atoms with Gasteiger partial charge in [0.25, 0.3) is 0 Å². The molecule has 1 nitrogen and oxygen atoms in total. The van der Waals surface area contributed by atoms with Crippen LogP contribution < -0.4 is 5.73 Å². The number of rotatable bonds is 3. The second-order valence-corrected chi connectivity index (χ2v) is 4.55. The van der Waals surface area contributed by atoms with Gasteiger partial charge in [-0.05, 0) is 24.3 Å². The molecule has 0 aliphatic heterocycles. The Kier molecular flexibility index (Phi) is 4.37. The molecule has 0 saturated heterocycles. The summed E-state index contributed by atoms with van der Waals surface area (Å²) in [5, 5.41) is 0. The summed E-state index contributed by atoms with van der Waals surface area (Å²) in [6, 6.07) is 7.93. The minimum Gasteiger partial charge on any atom is -0.317 e. The Hall–Kier alpha value is -0.430. The van der Waals surface area contributed by atoms with E-state index in [2.05, 4.69) is 21.9 Å². The van der Waals surface area contributed by atoms with Crippen LogP contribution in [0.2, 0.25) is 0 Å². The van der Waals surface area contributed by atoms with E-state index < -0.39 is 0 Å². The number of terminal acetylenes is 1. The predicted molar refractivity (Wildman–Crippen MR) is 61.7 cm³/mol. The molecule has 0 heterocycles. The van der Waals surface area contributed by atoms with E-state index in [0.29, 0.717) is 0 Å². The lowest BCUT2D eigenvalue weighted by molar-refractivity contribution is 0.975. The smallest absolute Gasteiger partial charge is 0.0757 e. The lowest BCUT2D eigenvalue weighted by Crippen LogP contribution is -2.19. The van der Waals surface area contributed by atoms with Crippen molar-refractivity contribution in [2.24, 2.45) is 5.73 Å². The van der Waals surface area contributed by atoms with E-state index in [4.69, 9.17) is 12.2 Å². The first-order valence-electron chi connectivity index (χ1n) is 3.82. The molecule has 0 spiro atoms. The Morgan fingerprint density at radius 3 is 2.62 bits per heavy atom. The molecule has 0 bridgehead atoms. The normalized spacial score (nSPS) is 12.1. The molecule has 0 aliphatic carbocycles. The molecule has 13 heavy (non-hydrogen) atoms. The van der Waals surface area contributed by atoms with E-state index in [1.165, 1.54) is 4.90 Å². The van der Waals surface area contributed by atoms with Gasteiger partial charge in [0.05, 0.1) is 6.04 Å². The highest BCUT2D eigenvalue weighted by atomic mass is 79.9. The second-order valence-electron chi connectivity index (χ2n) is 2.54. The predicted octanol–water partition coefficient (Wildman–Crippen LogP) is 2.50. The number of hydrogen-bond donors (Lipinski definition) is 1. The third kappa shape index (κ3) is 3.86. The van der Waals surface area contributed by atoms with E-state index in [1.54, 1.807) is 11.8 Å². The van der Waals surface area contributed by atoms with Gasteiger partial charge in [-0.15, -0.1) is 18.2 Å². The van der Waals surface area contributed by atoms with E-state index in [0.717, 1.165) is 10.2 Å². The second kappa shape index (κ2) is 5.33. The zero-order chi connectivity index (χ0) is 9.68. The minimum absolute atomic E-state index is 0.159. The van der Waals surface area contributed by atoms with Gasteiger partial charge in [-0.2, -0.15) is 0 Å². The Bertz CT molecular complexity index is 302. The van der Waals surface area contributed by atoms with Crippen molar-refractivity contribution in [1.29, 1.82) is 0 Å². The maximum Gasteiger partial charge on any atom is 0.0757 e. The molecule has 1 aromatic carbocycles. The molecule has 0 saturated carbocycles. The van der Waals surface area contributed by atoms with Gasteiger partial charge in [-0.25, -0.2) is 0 Å². The summed E-state index contributed by atoms with van der Waals surface area (Å²) in [4.78, 5) is 1.19. The molecular formula is C10H10BrNS. The van der Waals surface area contributed by atoms with Crippen LogP contribution in [0.4, 0.5) is 0 Å². The standard InChI is InChI=1S/C10H10BrNS/c1-2-9(12)7-13-10-5-3-8(11)4-6-10/h1,3-6,9H,7,12H2. The van der Waals surface area contributed by atoms with Gasteiger partial charge < -0.3 is 5.73 Å². The zero-order valence-corrected chi connectivity index (χ0v) is 9.44. The van der Waals surface area contributed by atoms with Gasteiger partial charge in [-0.1, -0.05) is 21.9 Å². The minimum atomic E-state index is -0.159. The van der Waals surface area contributed by atoms with Crippen LogP contribution in [0.15, 0.2) is 33.6 Å². The van der Waals surface area contributed by atoms with Gasteiger partial charge in [0.15, 0.2) is 0 Å². The van der Waals surface area contributed by atoms with Crippen molar-refractivity contribution in [3.63, 3.8) is 0 Å². The van der Waals surface area contributed by atoms with Crippen LogP contribution in [-0.4, -0.2) is 11.8 Å². The van der Waals surface area contributed by atoms with Gasteiger partial charge in [-0.3, -0.25) is 0 Å². The largest absolute Gasteiger partial charge is 0.317 e. The molecule has 1 atom stereocenters. The van der Waals surface area contributed by atoms with E-state index >= 15 is 0 Å². The highest BCUT2D eigenvalue weighted by Crippen LogP contribution is 2.20. The highest BCUT2D eigenvalue weighted by molar-refractivity contribution is 9.10. The number of thioether (sulfide) groups is 1. The zero-order valence-electron chi connectivity index (χ0n) is 7.03. The Morgan fingerprint density at radius 1 is 1.46 bits per heavy atom. The molecule has 0 amide bonds. The number of nitrogens with two attached hydrogens (primary N) is 1. The lowest BCUT2D eigenvalue weighted by atomic mass is 10.4. The Morgan fingerprint density at radius 2 is 2.08 bits per heavy atom. The van der Waals surface area contributed by atoms with Crippen LogP contribution in [0.25, 0.3) is 0 Å². The van der Waals surface area contributed by atoms with E-state index in [-0.39, 0.29) is 6.04 Å². The third-order valence-electron chi connectivity index (χ3n) is 1.46. The monoisotopic (exact) mass is 255 g/mol. The molecule has 1 rings (SSSR count). The van der Waals surface area contributed by atoms with Crippen LogP contribution in [0, 0.1) is 12.3 Å². The van der Waals surface area contributed by atoms with E-state index in [1.807, 2.05) is 24.3 Å². The van der Waals surface area contributed by atoms with Gasteiger partial charge in [0.2, 0.25) is 0 Å². The summed E-state index contributed by atoms with van der Waals surface area (Å²) < 4.78 is 1.08. The van der Waals surface area contributed by atoms with Gasteiger partial charge >= 0.3 is 0 Å². The fourth-order valence-corrected chi connectivity index (χ4v) is 1.83. The molecule has 1 aromatic rings. The molecule has 1 unspecified atom stereocenters. The van der Waals surface area contributed by atoms with Crippen LogP contribution in [0.1, 0.15) is 0 Å². The summed E-state index contributed by atoms with van der Waals surface area (Å²) in [6.45, 7) is 0. The number of benzene rings is 1. The quantitative estimate of drug-likeness (QED) is 0.664. The molecule has 0 aromatic heterocycles. The van der Waals surface area contributed by atoms with Crippen LogP contribution in [0.5, 0.6) is 0 Å². The molecular weight excluding hydrogens is 246 g/mol. The molecule has 0 aliphatic rings. The number of halogens is 1. The van der Waals surface area contributed by atoms with E-state index in [9.17, 15) is 0 Å². The molecule has 0 radical (unpaired) electrons. The Balaban J connectivity index is 2.47. The summed E-state index contributed by atoms with van der Waals surface area (Å²) in [5.74, 6) is 3.26. The van der Waals surface area contributed by atoms with Crippen LogP contribution in [0.3, 0.4) is 0 Å². The van der Waals surface area contributed by atoms with Crippen molar-refractivity contribution < 1.29 is 0 Å². The van der Waals surface area contributed by atoms with Crippen molar-refractivity contribution in [3.05, 3.63) is 28.7 Å². The summed E-state index contributed by atoms with van der Waals surface area (Å²) in [6.07, 6.45) is 5.16. The maximum atomic E-state index is 5.58. The van der Waals surface area contributed by atoms with Gasteiger partial charge in [0, 0.05) is 15.1 Å². The summed E-state index contributed by atoms with van der Waals surface area (Å²) in [5.41, 5.74) is 5.58. The van der Waals surface area contributed by atoms with Gasteiger partial charge in [0.1, 0.15) is 0 Å². The molecule has 0 fully saturated rings. The Labute approximate surface area is 91.2 Å². The first kappa shape index (κ1) is 10.6. The summed E-state index contributed by atoms with van der Waals surface area (Å²) >= 11 is 5.05. The summed E-state index contributed by atoms with van der Waals surface area (Å²) in [7, 11) is 0. The fraction of sp³-hybridized carbons (Fsp3) is 0.200. The fourth-order valence-electron chi connectivity index (χ4n) is 0.765. The van der Waals surface area contributed by atoms with Crippen LogP contribution >= 0.6 is 27.7 Å². The molecule has 2 N–H and O–H groups in total. The highest BCUT2D eigenvalue weighted by Gasteiger charge is 1.98. The topological polar surface area (TPSA) is 26.0 Å². The molecule has 3 heteroatoms. The third-order valence-corrected chi connectivity index (χ3v) is 3.12. The molecule has 68 valence electrons. The van der Waals surface area contributed by atoms with Crippen LogP contribution in [-0.2, 0) is 0 Å². The number of hydrogen-bond acceptors (Lipinski definition) is 2. The maximum absolute atomic E-state index is 5.58. The first-order valence-corrected chi connectivity index (χ1v) is 5.60. The average Bonchev–Trinajstić information content (AvgIpc) is 2.16. The average molecular weight is 256 g/mol. The van der Waals surface area contributed by atoms with Crippen molar-refractivity contribution in [3.8, 4) is 12.3 Å².